The van der Waals surface area contributed by atoms with Crippen LogP contribution in [0.3, 0.4) is 0 Å². The number of likely N-dealkylation sites (N-methyl/N-ethyl adjacent to an activating group) is 1. The van der Waals surface area contributed by atoms with E-state index in [-0.39, 0.29) is 11.8 Å². The molecule has 0 saturated carbocycles. The molecule has 2 rings (SSSR count). The highest BCUT2D eigenvalue weighted by Gasteiger charge is 2.23. The highest BCUT2D eigenvalue weighted by atomic mass is 16.2. The number of carbonyl (C=O) groups excluding carboxylic acids is 2. The smallest absolute Gasteiger partial charge is 0.275 e. The Morgan fingerprint density at radius 1 is 1.20 bits per heavy atom. The topological polar surface area (TPSA) is 67.1 Å². The van der Waals surface area contributed by atoms with Gasteiger partial charge < -0.3 is 20.4 Å². The van der Waals surface area contributed by atoms with Gasteiger partial charge >= 0.3 is 0 Å². The zero-order chi connectivity index (χ0) is 18.2. The van der Waals surface area contributed by atoms with Gasteiger partial charge in [0.05, 0.1) is 26.7 Å². The van der Waals surface area contributed by atoms with Crippen LogP contribution in [0.1, 0.15) is 35.7 Å². The Morgan fingerprint density at radius 2 is 1.84 bits per heavy atom. The molecule has 1 saturated heterocycles. The Morgan fingerprint density at radius 3 is 2.40 bits per heavy atom. The van der Waals surface area contributed by atoms with Crippen molar-refractivity contribution >= 4 is 11.8 Å². The van der Waals surface area contributed by atoms with Gasteiger partial charge in [0.25, 0.3) is 11.8 Å². The second kappa shape index (κ2) is 9.53. The largest absolute Gasteiger partial charge is 0.355 e. The molecule has 0 spiro atoms. The first-order valence-corrected chi connectivity index (χ1v) is 9.27. The monoisotopic (exact) mass is 348 g/mol. The summed E-state index contributed by atoms with van der Waals surface area (Å²) in [5.74, 6) is 0.0482. The van der Waals surface area contributed by atoms with Crippen molar-refractivity contribution in [3.63, 3.8) is 0 Å². The minimum atomic E-state index is -0.0809. The lowest BCUT2D eigenvalue weighted by Crippen LogP contribution is -3.13. The van der Waals surface area contributed by atoms with Crippen molar-refractivity contribution in [3.05, 3.63) is 35.4 Å². The standard InChI is InChI=1S/C19H30N4O2/c1-4-23-11-9-17(10-12-23)21-18(24)14-22(3)13-15-5-7-16(8-6-15)19(25)20-2/h5-8,17H,4,9-14H2,1-3H3,(H,20,25)(H,21,24)/p+2. The maximum absolute atomic E-state index is 12.3. The molecular weight excluding hydrogens is 316 g/mol. The molecule has 1 heterocycles. The fourth-order valence-corrected chi connectivity index (χ4v) is 3.41. The van der Waals surface area contributed by atoms with E-state index >= 15 is 0 Å². The number of rotatable bonds is 7. The van der Waals surface area contributed by atoms with Crippen molar-refractivity contribution in [2.24, 2.45) is 0 Å². The molecule has 25 heavy (non-hydrogen) atoms. The quantitative estimate of drug-likeness (QED) is 0.472. The lowest BCUT2D eigenvalue weighted by molar-refractivity contribution is -0.903. The van der Waals surface area contributed by atoms with Crippen molar-refractivity contribution in [2.45, 2.75) is 32.4 Å². The molecule has 0 aliphatic carbocycles. The van der Waals surface area contributed by atoms with Crippen LogP contribution in [0.25, 0.3) is 0 Å². The third-order valence-electron chi connectivity index (χ3n) is 4.97. The van der Waals surface area contributed by atoms with Crippen LogP contribution in [-0.4, -0.2) is 58.1 Å². The van der Waals surface area contributed by atoms with Gasteiger partial charge in [0.1, 0.15) is 6.54 Å². The molecule has 1 aromatic carbocycles. The molecule has 0 bridgehead atoms. The SMILES string of the molecule is CC[NH+]1CCC(NC(=O)C[NH+](C)Cc2ccc(C(=O)NC)cc2)CC1. The van der Waals surface area contributed by atoms with E-state index in [1.165, 1.54) is 6.54 Å². The first kappa shape index (κ1) is 19.4. The highest BCUT2D eigenvalue weighted by Crippen LogP contribution is 2.03. The normalized spacial score (nSPS) is 21.4. The van der Waals surface area contributed by atoms with Crippen LogP contribution in [-0.2, 0) is 11.3 Å². The van der Waals surface area contributed by atoms with E-state index in [9.17, 15) is 9.59 Å². The predicted molar refractivity (Wildman–Crippen MR) is 97.7 cm³/mol. The molecule has 0 aromatic heterocycles. The van der Waals surface area contributed by atoms with E-state index in [2.05, 4.69) is 17.6 Å². The van der Waals surface area contributed by atoms with Gasteiger partial charge in [-0.2, -0.15) is 0 Å². The number of piperidine rings is 1. The van der Waals surface area contributed by atoms with Gasteiger partial charge in [-0.25, -0.2) is 0 Å². The molecule has 1 aliphatic heterocycles. The molecule has 1 unspecified atom stereocenters. The summed E-state index contributed by atoms with van der Waals surface area (Å²) in [5.41, 5.74) is 1.78. The average molecular weight is 348 g/mol. The van der Waals surface area contributed by atoms with Crippen LogP contribution in [0.15, 0.2) is 24.3 Å². The zero-order valence-electron chi connectivity index (χ0n) is 15.7. The van der Waals surface area contributed by atoms with E-state index in [4.69, 9.17) is 0 Å². The molecule has 1 fully saturated rings. The van der Waals surface area contributed by atoms with Gasteiger partial charge in [-0.05, 0) is 19.1 Å². The summed E-state index contributed by atoms with van der Waals surface area (Å²) >= 11 is 0. The summed E-state index contributed by atoms with van der Waals surface area (Å²) in [6.45, 7) is 6.93. The number of benzene rings is 1. The Labute approximate surface area is 150 Å². The fourth-order valence-electron chi connectivity index (χ4n) is 3.41. The molecule has 138 valence electrons. The zero-order valence-corrected chi connectivity index (χ0v) is 15.7. The van der Waals surface area contributed by atoms with Crippen LogP contribution in [0.2, 0.25) is 0 Å². The summed E-state index contributed by atoms with van der Waals surface area (Å²) in [7, 11) is 3.65. The Balaban J connectivity index is 1.75. The van der Waals surface area contributed by atoms with Crippen molar-refractivity contribution in [1.82, 2.24) is 10.6 Å². The second-order valence-corrected chi connectivity index (χ2v) is 7.03. The summed E-state index contributed by atoms with van der Waals surface area (Å²) < 4.78 is 0. The number of hydrogen-bond donors (Lipinski definition) is 4. The van der Waals surface area contributed by atoms with Crippen LogP contribution < -0.4 is 20.4 Å². The summed E-state index contributed by atoms with van der Waals surface area (Å²) in [6, 6.07) is 7.89. The lowest BCUT2D eigenvalue weighted by Gasteiger charge is -2.29. The molecular formula is C19H32N4O2+2. The molecule has 1 aromatic rings. The van der Waals surface area contributed by atoms with Crippen LogP contribution >= 0.6 is 0 Å². The maximum Gasteiger partial charge on any atom is 0.275 e. The third-order valence-corrected chi connectivity index (χ3v) is 4.97. The average Bonchev–Trinajstić information content (AvgIpc) is 2.62. The van der Waals surface area contributed by atoms with Crippen LogP contribution in [0.4, 0.5) is 0 Å². The molecule has 1 aliphatic rings. The summed E-state index contributed by atoms with van der Waals surface area (Å²) in [5, 5.41) is 5.80. The first-order valence-electron chi connectivity index (χ1n) is 9.27. The number of carbonyl (C=O) groups is 2. The first-order chi connectivity index (χ1) is 12.0. The highest BCUT2D eigenvalue weighted by molar-refractivity contribution is 5.93. The third kappa shape index (κ3) is 6.14. The minimum Gasteiger partial charge on any atom is -0.355 e. The summed E-state index contributed by atoms with van der Waals surface area (Å²) in [6.07, 6.45) is 2.16. The van der Waals surface area contributed by atoms with Gasteiger partial charge in [-0.1, -0.05) is 12.1 Å². The summed E-state index contributed by atoms with van der Waals surface area (Å²) in [4.78, 5) is 26.6. The van der Waals surface area contributed by atoms with Crippen molar-refractivity contribution in [2.75, 3.05) is 40.3 Å². The molecule has 1 atom stereocenters. The van der Waals surface area contributed by atoms with Crippen molar-refractivity contribution in [1.29, 1.82) is 0 Å². The molecule has 6 heteroatoms. The number of quaternary nitrogens is 2. The van der Waals surface area contributed by atoms with Gasteiger partial charge in [0, 0.05) is 37.1 Å². The van der Waals surface area contributed by atoms with Gasteiger partial charge in [0.15, 0.2) is 6.54 Å². The Bertz CT molecular complexity index is 565. The minimum absolute atomic E-state index is 0.0809. The van der Waals surface area contributed by atoms with E-state index in [0.717, 1.165) is 42.9 Å². The number of nitrogens with one attached hydrogen (secondary N) is 4. The fraction of sp³-hybridized carbons (Fsp3) is 0.579. The lowest BCUT2D eigenvalue weighted by atomic mass is 10.1. The predicted octanol–water partition coefficient (Wildman–Crippen LogP) is -1.76. The second-order valence-electron chi connectivity index (χ2n) is 7.03. The Hall–Kier alpha value is -1.92. The van der Waals surface area contributed by atoms with E-state index in [1.54, 1.807) is 11.9 Å². The van der Waals surface area contributed by atoms with Gasteiger partial charge in [-0.3, -0.25) is 9.59 Å². The number of likely N-dealkylation sites (tertiary alicyclic amines) is 1. The van der Waals surface area contributed by atoms with Crippen molar-refractivity contribution in [3.8, 4) is 0 Å². The van der Waals surface area contributed by atoms with Crippen molar-refractivity contribution < 1.29 is 19.4 Å². The molecule has 0 radical (unpaired) electrons. The van der Waals surface area contributed by atoms with E-state index in [1.807, 2.05) is 31.3 Å². The van der Waals surface area contributed by atoms with Gasteiger partial charge in [-0.15, -0.1) is 0 Å². The number of amides is 2. The molecule has 2 amide bonds. The molecule has 6 nitrogen and oxygen atoms in total. The molecule has 4 N–H and O–H groups in total. The number of hydrogen-bond acceptors (Lipinski definition) is 2. The Kier molecular flexibility index (Phi) is 7.40. The van der Waals surface area contributed by atoms with Gasteiger partial charge in [0.2, 0.25) is 0 Å². The van der Waals surface area contributed by atoms with Crippen LogP contribution in [0.5, 0.6) is 0 Å². The van der Waals surface area contributed by atoms with E-state index < -0.39 is 0 Å². The van der Waals surface area contributed by atoms with E-state index in [0.29, 0.717) is 18.2 Å². The van der Waals surface area contributed by atoms with Crippen LogP contribution in [0, 0.1) is 0 Å². The maximum atomic E-state index is 12.3.